The Labute approximate surface area is 104 Å². The minimum Gasteiger partial charge on any atom is -0.381 e. The van der Waals surface area contributed by atoms with E-state index in [9.17, 15) is 13.2 Å². The highest BCUT2D eigenvalue weighted by Crippen LogP contribution is 2.25. The zero-order chi connectivity index (χ0) is 12.9. The Bertz CT molecular complexity index is 352. The molecule has 0 saturated carbocycles. The van der Waals surface area contributed by atoms with E-state index in [0.29, 0.717) is 11.4 Å². The normalized spacial score (nSPS) is 13.5. The van der Waals surface area contributed by atoms with E-state index in [-0.39, 0.29) is 12.5 Å². The summed E-state index contributed by atoms with van der Waals surface area (Å²) in [6.07, 6.45) is -4.21. The molecule has 0 radical (unpaired) electrons. The monoisotopic (exact) mass is 265 g/mol. The Hall–Kier alpha value is -0.900. The molecule has 0 aliphatic heterocycles. The molecule has 1 N–H and O–H groups in total. The molecule has 5 heteroatoms. The van der Waals surface area contributed by atoms with Crippen LogP contribution in [-0.4, -0.2) is 12.2 Å². The van der Waals surface area contributed by atoms with Crippen LogP contribution >= 0.6 is 11.6 Å². The molecular formula is C12H15ClF3N. The first kappa shape index (κ1) is 14.2. The largest absolute Gasteiger partial charge is 0.389 e. The summed E-state index contributed by atoms with van der Waals surface area (Å²) < 4.78 is 35.9. The Morgan fingerprint density at radius 3 is 2.53 bits per heavy atom. The fourth-order valence-corrected chi connectivity index (χ4v) is 1.71. The standard InChI is InChI=1S/C12H15ClF3N/c1-9(5-4-8-12(14,15)16)17-11-7-3-2-6-10(11)13/h2-3,6-7,9,17H,4-5,8H2,1H3. The van der Waals surface area contributed by atoms with Crippen molar-refractivity contribution in [3.63, 3.8) is 0 Å². The van der Waals surface area contributed by atoms with E-state index in [2.05, 4.69) is 5.32 Å². The zero-order valence-corrected chi connectivity index (χ0v) is 10.3. The fraction of sp³-hybridized carbons (Fsp3) is 0.500. The van der Waals surface area contributed by atoms with Gasteiger partial charge in [-0.1, -0.05) is 23.7 Å². The van der Waals surface area contributed by atoms with Crippen molar-refractivity contribution in [2.75, 3.05) is 5.32 Å². The third-order valence-corrected chi connectivity index (χ3v) is 2.70. The van der Waals surface area contributed by atoms with Gasteiger partial charge in [0, 0.05) is 12.5 Å². The average molecular weight is 266 g/mol. The van der Waals surface area contributed by atoms with Crippen molar-refractivity contribution < 1.29 is 13.2 Å². The van der Waals surface area contributed by atoms with Crippen LogP contribution in [0.1, 0.15) is 26.2 Å². The zero-order valence-electron chi connectivity index (χ0n) is 9.52. The van der Waals surface area contributed by atoms with Crippen LogP contribution in [-0.2, 0) is 0 Å². The first-order valence-corrected chi connectivity index (χ1v) is 5.84. The summed E-state index contributed by atoms with van der Waals surface area (Å²) in [6.45, 7) is 1.85. The third-order valence-electron chi connectivity index (χ3n) is 2.37. The van der Waals surface area contributed by atoms with Gasteiger partial charge in [0.15, 0.2) is 0 Å². The molecule has 0 amide bonds. The van der Waals surface area contributed by atoms with Crippen LogP contribution in [0.3, 0.4) is 0 Å². The number of alkyl halides is 3. The molecule has 0 aromatic heterocycles. The highest BCUT2D eigenvalue weighted by Gasteiger charge is 2.26. The van der Waals surface area contributed by atoms with Crippen molar-refractivity contribution in [3.05, 3.63) is 29.3 Å². The van der Waals surface area contributed by atoms with Gasteiger partial charge in [0.2, 0.25) is 0 Å². The molecule has 0 aliphatic rings. The second-order valence-electron chi connectivity index (χ2n) is 4.03. The quantitative estimate of drug-likeness (QED) is 0.801. The molecule has 0 saturated heterocycles. The Morgan fingerprint density at radius 1 is 1.29 bits per heavy atom. The second-order valence-corrected chi connectivity index (χ2v) is 4.44. The molecule has 1 unspecified atom stereocenters. The minimum absolute atomic E-state index is 0.0303. The molecule has 96 valence electrons. The van der Waals surface area contributed by atoms with Gasteiger partial charge >= 0.3 is 6.18 Å². The van der Waals surface area contributed by atoms with Crippen LogP contribution in [0, 0.1) is 0 Å². The number of benzene rings is 1. The lowest BCUT2D eigenvalue weighted by Crippen LogP contribution is -2.16. The molecular weight excluding hydrogens is 251 g/mol. The first-order valence-electron chi connectivity index (χ1n) is 5.46. The van der Waals surface area contributed by atoms with E-state index in [1.165, 1.54) is 0 Å². The number of hydrogen-bond acceptors (Lipinski definition) is 1. The molecule has 1 atom stereocenters. The topological polar surface area (TPSA) is 12.0 Å². The van der Waals surface area contributed by atoms with Crippen LogP contribution in [0.25, 0.3) is 0 Å². The summed E-state index contributed by atoms with van der Waals surface area (Å²) >= 11 is 5.93. The maximum absolute atomic E-state index is 12.0. The molecule has 0 aliphatic carbocycles. The smallest absolute Gasteiger partial charge is 0.381 e. The number of hydrogen-bond donors (Lipinski definition) is 1. The van der Waals surface area contributed by atoms with Gasteiger partial charge in [-0.3, -0.25) is 0 Å². The number of halogens is 4. The third kappa shape index (κ3) is 5.82. The highest BCUT2D eigenvalue weighted by atomic mass is 35.5. The van der Waals surface area contributed by atoms with E-state index in [1.807, 2.05) is 25.1 Å². The summed E-state index contributed by atoms with van der Waals surface area (Å²) in [5, 5.41) is 3.68. The number of para-hydroxylation sites is 1. The predicted molar refractivity (Wildman–Crippen MR) is 64.4 cm³/mol. The number of anilines is 1. The van der Waals surface area contributed by atoms with Gasteiger partial charge in [0.05, 0.1) is 10.7 Å². The van der Waals surface area contributed by atoms with Crippen molar-refractivity contribution in [1.29, 1.82) is 0 Å². The Morgan fingerprint density at radius 2 is 1.94 bits per heavy atom. The summed E-state index contributed by atoms with van der Waals surface area (Å²) in [4.78, 5) is 0. The maximum Gasteiger partial charge on any atom is 0.389 e. The number of rotatable bonds is 5. The van der Waals surface area contributed by atoms with Crippen LogP contribution in [0.2, 0.25) is 5.02 Å². The molecule has 1 aromatic rings. The molecule has 1 nitrogen and oxygen atoms in total. The molecule has 0 spiro atoms. The van der Waals surface area contributed by atoms with Crippen molar-refractivity contribution in [3.8, 4) is 0 Å². The lowest BCUT2D eigenvalue weighted by atomic mass is 10.1. The molecule has 0 fully saturated rings. The Kier molecular flexibility index (Phi) is 5.12. The van der Waals surface area contributed by atoms with E-state index in [1.54, 1.807) is 6.07 Å². The lowest BCUT2D eigenvalue weighted by molar-refractivity contribution is -0.135. The average Bonchev–Trinajstić information content (AvgIpc) is 2.19. The summed E-state index contributed by atoms with van der Waals surface area (Å²) in [7, 11) is 0. The SMILES string of the molecule is CC(CCCC(F)(F)F)Nc1ccccc1Cl. The van der Waals surface area contributed by atoms with Gasteiger partial charge in [-0.2, -0.15) is 13.2 Å². The molecule has 0 bridgehead atoms. The van der Waals surface area contributed by atoms with Gasteiger partial charge < -0.3 is 5.32 Å². The minimum atomic E-state index is -4.07. The van der Waals surface area contributed by atoms with Gasteiger partial charge in [-0.15, -0.1) is 0 Å². The van der Waals surface area contributed by atoms with Crippen molar-refractivity contribution in [1.82, 2.24) is 0 Å². The highest BCUT2D eigenvalue weighted by molar-refractivity contribution is 6.33. The van der Waals surface area contributed by atoms with Crippen LogP contribution in [0.15, 0.2) is 24.3 Å². The van der Waals surface area contributed by atoms with Crippen LogP contribution < -0.4 is 5.32 Å². The summed E-state index contributed by atoms with van der Waals surface area (Å²) in [5.41, 5.74) is 0.758. The van der Waals surface area contributed by atoms with Crippen LogP contribution in [0.4, 0.5) is 18.9 Å². The predicted octanol–water partition coefficient (Wildman–Crippen LogP) is 4.87. The van der Waals surface area contributed by atoms with Gasteiger partial charge in [0.25, 0.3) is 0 Å². The van der Waals surface area contributed by atoms with Gasteiger partial charge in [-0.05, 0) is 31.9 Å². The summed E-state index contributed by atoms with van der Waals surface area (Å²) in [5.74, 6) is 0. The van der Waals surface area contributed by atoms with Crippen LogP contribution in [0.5, 0.6) is 0 Å². The van der Waals surface area contributed by atoms with Crippen molar-refractivity contribution >= 4 is 17.3 Å². The Balaban J connectivity index is 2.35. The molecule has 17 heavy (non-hydrogen) atoms. The summed E-state index contributed by atoms with van der Waals surface area (Å²) in [6, 6.07) is 7.16. The lowest BCUT2D eigenvalue weighted by Gasteiger charge is -2.16. The van der Waals surface area contributed by atoms with E-state index >= 15 is 0 Å². The first-order chi connectivity index (χ1) is 7.88. The molecule has 1 rings (SSSR count). The maximum atomic E-state index is 12.0. The molecule has 1 aromatic carbocycles. The molecule has 0 heterocycles. The van der Waals surface area contributed by atoms with Crippen molar-refractivity contribution in [2.24, 2.45) is 0 Å². The van der Waals surface area contributed by atoms with Gasteiger partial charge in [-0.25, -0.2) is 0 Å². The van der Waals surface area contributed by atoms with E-state index in [4.69, 9.17) is 11.6 Å². The van der Waals surface area contributed by atoms with Gasteiger partial charge in [0.1, 0.15) is 0 Å². The fourth-order valence-electron chi connectivity index (χ4n) is 1.52. The van der Waals surface area contributed by atoms with E-state index in [0.717, 1.165) is 5.69 Å². The van der Waals surface area contributed by atoms with E-state index < -0.39 is 12.6 Å². The number of nitrogens with one attached hydrogen (secondary N) is 1. The van der Waals surface area contributed by atoms with Crippen molar-refractivity contribution in [2.45, 2.75) is 38.4 Å². The second kappa shape index (κ2) is 6.15.